The zero-order valence-electron chi connectivity index (χ0n) is 11.5. The molecule has 20 heavy (non-hydrogen) atoms. The Morgan fingerprint density at radius 3 is 2.80 bits per heavy atom. The minimum Gasteiger partial charge on any atom is -0.612 e. The second kappa shape index (κ2) is 5.63. The van der Waals surface area contributed by atoms with Gasteiger partial charge in [-0.1, -0.05) is 0 Å². The molecule has 1 unspecified atom stereocenters. The fourth-order valence-corrected chi connectivity index (χ4v) is 3.62. The van der Waals surface area contributed by atoms with Crippen molar-refractivity contribution in [3.05, 3.63) is 18.3 Å². The van der Waals surface area contributed by atoms with E-state index in [-0.39, 0.29) is 6.10 Å². The van der Waals surface area contributed by atoms with Gasteiger partial charge in [0.05, 0.1) is 23.2 Å². The van der Waals surface area contributed by atoms with Crippen LogP contribution in [0.1, 0.15) is 25.7 Å². The molecule has 5 nitrogen and oxygen atoms in total. The molecule has 0 amide bonds. The Labute approximate surface area is 121 Å². The monoisotopic (exact) mass is 293 g/mol. The Bertz CT molecular complexity index is 591. The standard InChI is InChI=1S/C14H19N3O2S/c1-20(18)14-11-8-16-17-12(11)6-7-13(14)19-10-4-2-9(15)3-5-10/h6-10H,2-5,15H2,1H3,(H,16,17)/t9-,10+,20?. The molecule has 1 aliphatic carbocycles. The summed E-state index contributed by atoms with van der Waals surface area (Å²) >= 11 is -1.11. The van der Waals surface area contributed by atoms with E-state index in [2.05, 4.69) is 10.2 Å². The number of nitrogens with zero attached hydrogens (tertiary/aromatic N) is 1. The Balaban J connectivity index is 1.88. The highest BCUT2D eigenvalue weighted by atomic mass is 32.2. The van der Waals surface area contributed by atoms with Crippen molar-refractivity contribution in [1.29, 1.82) is 0 Å². The first-order chi connectivity index (χ1) is 9.65. The van der Waals surface area contributed by atoms with Crippen LogP contribution in [0.3, 0.4) is 0 Å². The number of nitrogens with two attached hydrogens (primary N) is 1. The van der Waals surface area contributed by atoms with Crippen molar-refractivity contribution in [2.45, 2.75) is 42.7 Å². The fourth-order valence-electron chi connectivity index (χ4n) is 2.75. The van der Waals surface area contributed by atoms with Crippen molar-refractivity contribution in [3.63, 3.8) is 0 Å². The van der Waals surface area contributed by atoms with Crippen LogP contribution in [0.4, 0.5) is 0 Å². The van der Waals surface area contributed by atoms with Crippen LogP contribution in [0.25, 0.3) is 10.9 Å². The number of fused-ring (bicyclic) bond motifs is 1. The van der Waals surface area contributed by atoms with Crippen molar-refractivity contribution in [3.8, 4) is 5.75 Å². The normalized spacial score (nSPS) is 24.8. The van der Waals surface area contributed by atoms with Crippen LogP contribution in [-0.4, -0.2) is 33.2 Å². The molecule has 2 aromatic rings. The topological polar surface area (TPSA) is 87.0 Å². The fraction of sp³-hybridized carbons (Fsp3) is 0.500. The van der Waals surface area contributed by atoms with Gasteiger partial charge < -0.3 is 15.0 Å². The number of H-pyrrole nitrogens is 1. The van der Waals surface area contributed by atoms with Gasteiger partial charge in [0.25, 0.3) is 0 Å². The van der Waals surface area contributed by atoms with Crippen LogP contribution >= 0.6 is 0 Å². The SMILES string of the molecule is C[S+]([O-])c1c(O[C@H]2CC[C@@H](N)CC2)ccc2[nH]ncc12. The van der Waals surface area contributed by atoms with Gasteiger partial charge in [0.1, 0.15) is 6.26 Å². The van der Waals surface area contributed by atoms with Crippen molar-refractivity contribution >= 4 is 22.1 Å². The first-order valence-corrected chi connectivity index (χ1v) is 8.42. The molecule has 3 N–H and O–H groups in total. The molecular weight excluding hydrogens is 274 g/mol. The summed E-state index contributed by atoms with van der Waals surface area (Å²) in [5.41, 5.74) is 6.79. The quantitative estimate of drug-likeness (QED) is 0.847. The van der Waals surface area contributed by atoms with Crippen LogP contribution in [0, 0.1) is 0 Å². The van der Waals surface area contributed by atoms with E-state index < -0.39 is 11.2 Å². The van der Waals surface area contributed by atoms with Gasteiger partial charge in [-0.25, -0.2) is 0 Å². The number of rotatable bonds is 3. The lowest BCUT2D eigenvalue weighted by Crippen LogP contribution is -2.31. The molecule has 1 heterocycles. The van der Waals surface area contributed by atoms with E-state index in [1.165, 1.54) is 0 Å². The van der Waals surface area contributed by atoms with Crippen molar-refractivity contribution in [1.82, 2.24) is 10.2 Å². The summed E-state index contributed by atoms with van der Waals surface area (Å²) in [4.78, 5) is 0.728. The predicted molar refractivity (Wildman–Crippen MR) is 79.3 cm³/mol. The summed E-state index contributed by atoms with van der Waals surface area (Å²) in [5.74, 6) is 0.709. The number of hydrogen-bond donors (Lipinski definition) is 2. The third kappa shape index (κ3) is 2.63. The van der Waals surface area contributed by atoms with Crippen LogP contribution in [0.5, 0.6) is 5.75 Å². The van der Waals surface area contributed by atoms with Gasteiger partial charge in [-0.05, 0) is 49.0 Å². The summed E-state index contributed by atoms with van der Waals surface area (Å²) in [6.07, 6.45) is 7.44. The summed E-state index contributed by atoms with van der Waals surface area (Å²) in [6, 6.07) is 4.10. The lowest BCUT2D eigenvalue weighted by molar-refractivity contribution is 0.143. The Morgan fingerprint density at radius 1 is 1.35 bits per heavy atom. The van der Waals surface area contributed by atoms with Gasteiger partial charge in [-0.3, -0.25) is 5.10 Å². The molecule has 0 saturated heterocycles. The smallest absolute Gasteiger partial charge is 0.205 e. The van der Waals surface area contributed by atoms with Crippen LogP contribution < -0.4 is 10.5 Å². The van der Waals surface area contributed by atoms with Gasteiger partial charge in [0.15, 0.2) is 5.75 Å². The molecule has 1 aliphatic rings. The highest BCUT2D eigenvalue weighted by Gasteiger charge is 2.24. The highest BCUT2D eigenvalue weighted by Crippen LogP contribution is 2.33. The largest absolute Gasteiger partial charge is 0.612 e. The van der Waals surface area contributed by atoms with Crippen LogP contribution in [-0.2, 0) is 11.2 Å². The van der Waals surface area contributed by atoms with E-state index >= 15 is 0 Å². The summed E-state index contributed by atoms with van der Waals surface area (Å²) in [7, 11) is 0. The number of aromatic amines is 1. The van der Waals surface area contributed by atoms with Crippen molar-refractivity contribution in [2.24, 2.45) is 5.73 Å². The van der Waals surface area contributed by atoms with E-state index in [9.17, 15) is 4.55 Å². The molecule has 0 spiro atoms. The Hall–Kier alpha value is -1.24. The summed E-state index contributed by atoms with van der Waals surface area (Å²) < 4.78 is 18.1. The van der Waals surface area contributed by atoms with Crippen LogP contribution in [0.2, 0.25) is 0 Å². The molecular formula is C14H19N3O2S. The first-order valence-electron chi connectivity index (χ1n) is 6.87. The predicted octanol–water partition coefficient (Wildman–Crippen LogP) is 1.95. The average molecular weight is 293 g/mol. The van der Waals surface area contributed by atoms with Crippen LogP contribution in [0.15, 0.2) is 23.2 Å². The lowest BCUT2D eigenvalue weighted by Gasteiger charge is -2.27. The zero-order chi connectivity index (χ0) is 14.1. The average Bonchev–Trinajstić information content (AvgIpc) is 2.89. The molecule has 6 heteroatoms. The first kappa shape index (κ1) is 13.7. The van der Waals surface area contributed by atoms with E-state index in [4.69, 9.17) is 10.5 Å². The maximum absolute atomic E-state index is 12.0. The minimum absolute atomic E-state index is 0.168. The number of nitrogens with one attached hydrogen (secondary N) is 1. The molecule has 1 aromatic heterocycles. The van der Waals surface area contributed by atoms with Gasteiger partial charge >= 0.3 is 0 Å². The Kier molecular flexibility index (Phi) is 3.87. The lowest BCUT2D eigenvalue weighted by atomic mass is 9.94. The van der Waals surface area contributed by atoms with E-state index in [1.807, 2.05) is 12.1 Å². The number of aromatic nitrogens is 2. The molecule has 1 saturated carbocycles. The van der Waals surface area contributed by atoms with Gasteiger partial charge in [-0.15, -0.1) is 0 Å². The van der Waals surface area contributed by atoms with E-state index in [1.54, 1.807) is 12.5 Å². The van der Waals surface area contributed by atoms with Crippen molar-refractivity contribution < 1.29 is 9.29 Å². The number of hydrogen-bond acceptors (Lipinski definition) is 4. The maximum Gasteiger partial charge on any atom is 0.205 e. The Morgan fingerprint density at radius 2 is 2.10 bits per heavy atom. The second-order valence-corrected chi connectivity index (χ2v) is 6.65. The second-order valence-electron chi connectivity index (χ2n) is 5.33. The van der Waals surface area contributed by atoms with Crippen molar-refractivity contribution in [2.75, 3.05) is 6.26 Å². The van der Waals surface area contributed by atoms with Gasteiger partial charge in [-0.2, -0.15) is 5.10 Å². The molecule has 0 aliphatic heterocycles. The van der Waals surface area contributed by atoms with E-state index in [0.29, 0.717) is 11.8 Å². The van der Waals surface area contributed by atoms with Gasteiger partial charge in [0.2, 0.25) is 4.90 Å². The molecule has 0 radical (unpaired) electrons. The van der Waals surface area contributed by atoms with E-state index in [0.717, 1.165) is 41.5 Å². The third-order valence-corrected chi connectivity index (χ3v) is 4.83. The molecule has 1 atom stereocenters. The number of ether oxygens (including phenoxy) is 1. The molecule has 0 bridgehead atoms. The minimum atomic E-state index is -1.11. The maximum atomic E-state index is 12.0. The summed E-state index contributed by atoms with van der Waals surface area (Å²) in [5, 5.41) is 7.78. The highest BCUT2D eigenvalue weighted by molar-refractivity contribution is 7.91. The molecule has 1 aromatic carbocycles. The van der Waals surface area contributed by atoms with Gasteiger partial charge in [0, 0.05) is 6.04 Å². The molecule has 108 valence electrons. The molecule has 3 rings (SSSR count). The summed E-state index contributed by atoms with van der Waals surface area (Å²) in [6.45, 7) is 0. The third-order valence-electron chi connectivity index (χ3n) is 3.84. The zero-order valence-corrected chi connectivity index (χ0v) is 12.3. The number of benzene rings is 1. The molecule has 1 fully saturated rings.